The second-order valence-corrected chi connectivity index (χ2v) is 2.52. The molecule has 0 aromatic carbocycles. The van der Waals surface area contributed by atoms with Crippen LogP contribution < -0.4 is 4.74 Å². The lowest BCUT2D eigenvalue weighted by Crippen LogP contribution is -2.19. The SMILES string of the molecule is Fc1ncccc1OCOCC(F)(F)F. The van der Waals surface area contributed by atoms with E-state index in [1.165, 1.54) is 18.3 Å². The third-order valence-electron chi connectivity index (χ3n) is 1.29. The molecule has 15 heavy (non-hydrogen) atoms. The first-order chi connectivity index (χ1) is 6.99. The first kappa shape index (κ1) is 11.7. The zero-order valence-corrected chi connectivity index (χ0v) is 7.42. The lowest BCUT2D eigenvalue weighted by Gasteiger charge is -2.08. The van der Waals surface area contributed by atoms with Crippen molar-refractivity contribution >= 4 is 0 Å². The minimum atomic E-state index is -4.42. The van der Waals surface area contributed by atoms with Crippen molar-refractivity contribution in [1.29, 1.82) is 0 Å². The second kappa shape index (κ2) is 4.92. The maximum absolute atomic E-state index is 12.7. The third kappa shape index (κ3) is 4.59. The first-order valence-corrected chi connectivity index (χ1v) is 3.87. The van der Waals surface area contributed by atoms with Crippen LogP contribution in [0.1, 0.15) is 0 Å². The first-order valence-electron chi connectivity index (χ1n) is 3.87. The Balaban J connectivity index is 2.30. The number of hydrogen-bond acceptors (Lipinski definition) is 3. The van der Waals surface area contributed by atoms with Crippen LogP contribution in [0.15, 0.2) is 18.3 Å². The minimum Gasteiger partial charge on any atom is -0.463 e. The molecule has 0 saturated heterocycles. The normalized spacial score (nSPS) is 11.5. The molecule has 0 radical (unpaired) electrons. The molecule has 1 aromatic rings. The van der Waals surface area contributed by atoms with Gasteiger partial charge in [-0.05, 0) is 12.1 Å². The van der Waals surface area contributed by atoms with E-state index in [1.807, 2.05) is 0 Å². The molecule has 0 aliphatic heterocycles. The number of alkyl halides is 3. The van der Waals surface area contributed by atoms with E-state index in [-0.39, 0.29) is 5.75 Å². The van der Waals surface area contributed by atoms with Crippen molar-refractivity contribution in [3.8, 4) is 5.75 Å². The lowest BCUT2D eigenvalue weighted by molar-refractivity contribution is -0.187. The Hall–Kier alpha value is -1.37. The monoisotopic (exact) mass is 225 g/mol. The van der Waals surface area contributed by atoms with Gasteiger partial charge in [0.15, 0.2) is 12.5 Å². The molecule has 0 spiro atoms. The fourth-order valence-electron chi connectivity index (χ4n) is 0.741. The van der Waals surface area contributed by atoms with Crippen molar-refractivity contribution in [2.24, 2.45) is 0 Å². The molecule has 0 saturated carbocycles. The Morgan fingerprint density at radius 3 is 2.67 bits per heavy atom. The summed E-state index contributed by atoms with van der Waals surface area (Å²) in [5.74, 6) is -1.15. The molecular weight excluding hydrogens is 218 g/mol. The summed E-state index contributed by atoms with van der Waals surface area (Å²) in [5, 5.41) is 0. The quantitative estimate of drug-likeness (QED) is 0.340. The summed E-state index contributed by atoms with van der Waals surface area (Å²) in [6.07, 6.45) is -3.23. The average Bonchev–Trinajstić information content (AvgIpc) is 2.13. The molecule has 0 bridgehead atoms. The van der Waals surface area contributed by atoms with E-state index in [0.717, 1.165) is 0 Å². The average molecular weight is 225 g/mol. The highest BCUT2D eigenvalue weighted by Crippen LogP contribution is 2.16. The predicted molar refractivity (Wildman–Crippen MR) is 41.7 cm³/mol. The maximum Gasteiger partial charge on any atom is 0.411 e. The van der Waals surface area contributed by atoms with E-state index in [0.29, 0.717) is 0 Å². The molecule has 84 valence electrons. The van der Waals surface area contributed by atoms with Gasteiger partial charge >= 0.3 is 6.18 Å². The predicted octanol–water partition coefficient (Wildman–Crippen LogP) is 2.14. The van der Waals surface area contributed by atoms with E-state index >= 15 is 0 Å². The molecule has 0 amide bonds. The van der Waals surface area contributed by atoms with Crippen LogP contribution in [0.3, 0.4) is 0 Å². The van der Waals surface area contributed by atoms with Gasteiger partial charge < -0.3 is 9.47 Å². The van der Waals surface area contributed by atoms with Gasteiger partial charge in [-0.25, -0.2) is 4.98 Å². The highest BCUT2D eigenvalue weighted by molar-refractivity contribution is 5.17. The number of rotatable bonds is 4. The molecule has 1 aromatic heterocycles. The Morgan fingerprint density at radius 2 is 2.07 bits per heavy atom. The Labute approximate surface area is 82.6 Å². The van der Waals surface area contributed by atoms with Gasteiger partial charge in [0.2, 0.25) is 0 Å². The summed E-state index contributed by atoms with van der Waals surface area (Å²) in [5.41, 5.74) is 0. The molecule has 1 rings (SSSR count). The molecule has 1 heterocycles. The van der Waals surface area contributed by atoms with E-state index in [9.17, 15) is 17.6 Å². The van der Waals surface area contributed by atoms with Gasteiger partial charge in [-0.15, -0.1) is 0 Å². The largest absolute Gasteiger partial charge is 0.463 e. The van der Waals surface area contributed by atoms with Crippen LogP contribution in [-0.2, 0) is 4.74 Å². The zero-order chi connectivity index (χ0) is 11.3. The summed E-state index contributed by atoms with van der Waals surface area (Å²) in [6, 6.07) is 2.63. The third-order valence-corrected chi connectivity index (χ3v) is 1.29. The number of pyridine rings is 1. The van der Waals surface area contributed by atoms with Crippen molar-refractivity contribution in [2.45, 2.75) is 6.18 Å². The maximum atomic E-state index is 12.7. The van der Waals surface area contributed by atoms with Gasteiger partial charge in [0.1, 0.15) is 6.61 Å². The van der Waals surface area contributed by atoms with Crippen LogP contribution in [0.2, 0.25) is 0 Å². The van der Waals surface area contributed by atoms with E-state index in [1.54, 1.807) is 0 Å². The number of aromatic nitrogens is 1. The molecule has 0 N–H and O–H groups in total. The van der Waals surface area contributed by atoms with Crippen molar-refractivity contribution < 1.29 is 27.0 Å². The van der Waals surface area contributed by atoms with E-state index in [4.69, 9.17) is 0 Å². The highest BCUT2D eigenvalue weighted by atomic mass is 19.4. The van der Waals surface area contributed by atoms with Crippen LogP contribution in [0.25, 0.3) is 0 Å². The Kier molecular flexibility index (Phi) is 3.84. The van der Waals surface area contributed by atoms with Gasteiger partial charge in [-0.2, -0.15) is 17.6 Å². The number of halogens is 4. The van der Waals surface area contributed by atoms with Crippen LogP contribution in [0, 0.1) is 5.95 Å². The van der Waals surface area contributed by atoms with Crippen molar-refractivity contribution in [1.82, 2.24) is 4.98 Å². The highest BCUT2D eigenvalue weighted by Gasteiger charge is 2.27. The van der Waals surface area contributed by atoms with Crippen LogP contribution in [-0.4, -0.2) is 24.6 Å². The summed E-state index contributed by atoms with van der Waals surface area (Å²) in [6.45, 7) is -2.11. The van der Waals surface area contributed by atoms with Gasteiger partial charge in [0, 0.05) is 6.20 Å². The van der Waals surface area contributed by atoms with E-state index < -0.39 is 25.5 Å². The summed E-state index contributed by atoms with van der Waals surface area (Å²) < 4.78 is 56.2. The minimum absolute atomic E-state index is 0.250. The fraction of sp³-hybridized carbons (Fsp3) is 0.375. The molecule has 7 heteroatoms. The number of nitrogens with zero attached hydrogens (tertiary/aromatic N) is 1. The van der Waals surface area contributed by atoms with Crippen LogP contribution >= 0.6 is 0 Å². The Bertz CT molecular complexity index is 316. The van der Waals surface area contributed by atoms with Crippen molar-refractivity contribution in [3.63, 3.8) is 0 Å². The summed E-state index contributed by atoms with van der Waals surface area (Å²) >= 11 is 0. The zero-order valence-electron chi connectivity index (χ0n) is 7.42. The smallest absolute Gasteiger partial charge is 0.411 e. The standard InChI is InChI=1S/C8H7F4NO2/c9-7-6(2-1-3-13-7)15-5-14-4-8(10,11)12/h1-3H,4-5H2. The van der Waals surface area contributed by atoms with Gasteiger partial charge in [-0.3, -0.25) is 0 Å². The molecule has 0 aliphatic carbocycles. The molecule has 0 fully saturated rings. The molecule has 0 unspecified atom stereocenters. The van der Waals surface area contributed by atoms with Crippen LogP contribution in [0.5, 0.6) is 5.75 Å². The van der Waals surface area contributed by atoms with Gasteiger partial charge in [-0.1, -0.05) is 0 Å². The fourth-order valence-corrected chi connectivity index (χ4v) is 0.741. The van der Waals surface area contributed by atoms with Crippen LogP contribution in [0.4, 0.5) is 17.6 Å². The lowest BCUT2D eigenvalue weighted by atomic mass is 10.4. The molecule has 3 nitrogen and oxygen atoms in total. The number of hydrogen-bond donors (Lipinski definition) is 0. The Morgan fingerprint density at radius 1 is 1.33 bits per heavy atom. The topological polar surface area (TPSA) is 31.4 Å². The van der Waals surface area contributed by atoms with Gasteiger partial charge in [0.05, 0.1) is 0 Å². The summed E-state index contributed by atoms with van der Waals surface area (Å²) in [7, 11) is 0. The van der Waals surface area contributed by atoms with E-state index in [2.05, 4.69) is 14.5 Å². The van der Waals surface area contributed by atoms with Crippen molar-refractivity contribution in [3.05, 3.63) is 24.3 Å². The van der Waals surface area contributed by atoms with Gasteiger partial charge in [0.25, 0.3) is 5.95 Å². The van der Waals surface area contributed by atoms with Crippen molar-refractivity contribution in [2.75, 3.05) is 13.4 Å². The molecule has 0 aliphatic rings. The second-order valence-electron chi connectivity index (χ2n) is 2.52. The summed E-state index contributed by atoms with van der Waals surface area (Å²) in [4.78, 5) is 3.24. The number of ether oxygens (including phenoxy) is 2. The molecule has 0 atom stereocenters. The molecular formula is C8H7F4NO2.